The molecule has 0 aliphatic carbocycles. The normalized spacial score (nSPS) is 20.2. The largest absolute Gasteiger partial charge is 0.507 e. The van der Waals surface area contributed by atoms with Gasteiger partial charge >= 0.3 is 0 Å². The van der Waals surface area contributed by atoms with Gasteiger partial charge in [-0.2, -0.15) is 0 Å². The average Bonchev–Trinajstić information content (AvgIpc) is 2.96. The van der Waals surface area contributed by atoms with Gasteiger partial charge in [-0.25, -0.2) is 0 Å². The number of hydrogen-bond donors (Lipinski definition) is 5. The Morgan fingerprint density at radius 1 is 1.05 bits per heavy atom. The third-order valence-electron chi connectivity index (χ3n) is 6.75. The molecule has 12 nitrogen and oxygen atoms in total. The first kappa shape index (κ1) is 30.0. The van der Waals surface area contributed by atoms with Gasteiger partial charge in [-0.05, 0) is 61.4 Å². The van der Waals surface area contributed by atoms with E-state index in [-0.39, 0.29) is 35.9 Å². The van der Waals surface area contributed by atoms with E-state index in [1.165, 1.54) is 36.9 Å². The van der Waals surface area contributed by atoms with Crippen LogP contribution in [0.1, 0.15) is 35.3 Å². The van der Waals surface area contributed by atoms with Gasteiger partial charge in [0.1, 0.15) is 35.4 Å². The second kappa shape index (κ2) is 13.1. The van der Waals surface area contributed by atoms with E-state index in [0.717, 1.165) is 11.1 Å². The topological polar surface area (TPSA) is 170 Å². The van der Waals surface area contributed by atoms with Crippen LogP contribution in [0, 0.1) is 0 Å². The minimum Gasteiger partial charge on any atom is -0.507 e. The monoisotopic (exact) mass is 575 g/mol. The molecule has 2 aliphatic rings. The molecule has 0 spiro atoms. The number of aromatic hydroxyl groups is 1. The minimum absolute atomic E-state index is 0.151. The number of ether oxygens (including phenoxy) is 1. The molecule has 4 bridgehead atoms. The van der Waals surface area contributed by atoms with Crippen molar-refractivity contribution in [2.45, 2.75) is 51.0 Å². The van der Waals surface area contributed by atoms with E-state index in [1.807, 2.05) is 6.07 Å². The van der Waals surface area contributed by atoms with Crippen LogP contribution in [0.3, 0.4) is 0 Å². The summed E-state index contributed by atoms with van der Waals surface area (Å²) in [4.78, 5) is 58.3. The van der Waals surface area contributed by atoms with Gasteiger partial charge in [-0.1, -0.05) is 18.2 Å². The first-order valence-electron chi connectivity index (χ1n) is 13.3. The van der Waals surface area contributed by atoms with Crippen molar-refractivity contribution >= 4 is 23.6 Å². The number of hydrogen-bond acceptors (Lipinski definition) is 8. The van der Waals surface area contributed by atoms with Crippen LogP contribution in [-0.4, -0.2) is 75.0 Å². The van der Waals surface area contributed by atoms with E-state index in [4.69, 9.17) is 4.74 Å². The summed E-state index contributed by atoms with van der Waals surface area (Å²) in [5, 5.41) is 28.1. The third kappa shape index (κ3) is 7.40. The molecule has 0 radical (unpaired) electrons. The van der Waals surface area contributed by atoms with Crippen LogP contribution in [0.4, 0.5) is 0 Å². The number of rotatable bonds is 4. The highest BCUT2D eigenvalue weighted by Gasteiger charge is 2.31. The number of aromatic nitrogens is 1. The van der Waals surface area contributed by atoms with Gasteiger partial charge in [-0.3, -0.25) is 24.2 Å². The molecule has 1 aromatic heterocycles. The van der Waals surface area contributed by atoms with Crippen LogP contribution in [-0.2, 0) is 27.3 Å². The lowest BCUT2D eigenvalue weighted by molar-refractivity contribution is -0.137. The van der Waals surface area contributed by atoms with E-state index < -0.39 is 42.0 Å². The van der Waals surface area contributed by atoms with Crippen molar-refractivity contribution in [2.75, 3.05) is 7.05 Å². The zero-order valence-corrected chi connectivity index (χ0v) is 23.4. The summed E-state index contributed by atoms with van der Waals surface area (Å²) in [5.41, 5.74) is 1.37. The van der Waals surface area contributed by atoms with Crippen molar-refractivity contribution in [2.24, 2.45) is 0 Å². The van der Waals surface area contributed by atoms with Crippen LogP contribution < -0.4 is 20.7 Å². The molecule has 3 aromatic rings. The van der Waals surface area contributed by atoms with Crippen LogP contribution in [0.2, 0.25) is 0 Å². The fraction of sp³-hybridized carbons (Fsp3) is 0.300. The number of carbonyl (C=O) groups is 4. The van der Waals surface area contributed by atoms with Gasteiger partial charge in [0.2, 0.25) is 17.7 Å². The van der Waals surface area contributed by atoms with Crippen molar-refractivity contribution in [1.82, 2.24) is 25.8 Å². The Bertz CT molecular complexity index is 1450. The molecule has 4 amide bonds. The van der Waals surface area contributed by atoms with Gasteiger partial charge in [0.05, 0.1) is 11.7 Å². The molecule has 12 heteroatoms. The van der Waals surface area contributed by atoms with Gasteiger partial charge in [-0.15, -0.1) is 0 Å². The number of phenols is 1. The molecule has 5 rings (SSSR count). The Balaban J connectivity index is 1.66. The van der Waals surface area contributed by atoms with Crippen molar-refractivity contribution in [3.8, 4) is 17.2 Å². The van der Waals surface area contributed by atoms with E-state index in [2.05, 4.69) is 20.9 Å². The quantitative estimate of drug-likeness (QED) is 0.290. The number of pyridine rings is 1. The van der Waals surface area contributed by atoms with Gasteiger partial charge in [0.25, 0.3) is 5.91 Å². The molecule has 5 N–H and O–H groups in total. The second-order valence-electron chi connectivity index (χ2n) is 10.2. The molecule has 2 aliphatic heterocycles. The molecule has 0 fully saturated rings. The van der Waals surface area contributed by atoms with E-state index in [1.54, 1.807) is 49.8 Å². The summed E-state index contributed by atoms with van der Waals surface area (Å²) < 4.78 is 5.86. The lowest BCUT2D eigenvalue weighted by atomic mass is 10.0. The maximum absolute atomic E-state index is 13.5. The van der Waals surface area contributed by atoms with Crippen LogP contribution in [0.15, 0.2) is 67.0 Å². The number of carbonyl (C=O) groups excluding carboxylic acids is 4. The maximum atomic E-state index is 13.5. The standard InChI is InChI=1S/C30H33N5O7/c1-17-27(38)33-24(30(41)35(3)16-20-5-4-12-31-15-20)13-19-6-8-21(9-7-19)42-22-10-11-25(37)23(14-22)28(39)34-26(18(2)36)29(40)32-17/h4-12,14-15,17-18,24,26,36-37H,13,16H2,1-3H3,(H,32,40)(H,33,38)(H,34,39)/t17-,18+,24-,26-/m0/s1. The van der Waals surface area contributed by atoms with Crippen molar-refractivity contribution in [3.05, 3.63) is 83.7 Å². The predicted molar refractivity (Wildman–Crippen MR) is 152 cm³/mol. The smallest absolute Gasteiger partial charge is 0.255 e. The zero-order valence-electron chi connectivity index (χ0n) is 23.4. The predicted octanol–water partition coefficient (Wildman–Crippen LogP) is 1.26. The number of aliphatic hydroxyl groups is 1. The molecule has 220 valence electrons. The highest BCUT2D eigenvalue weighted by Crippen LogP contribution is 2.28. The Morgan fingerprint density at radius 3 is 2.43 bits per heavy atom. The van der Waals surface area contributed by atoms with Crippen molar-refractivity contribution < 1.29 is 34.1 Å². The number of likely N-dealkylation sites (N-methyl/N-ethyl adjacent to an activating group) is 1. The summed E-state index contributed by atoms with van der Waals surface area (Å²) in [6, 6.07) is 11.0. The molecule has 42 heavy (non-hydrogen) atoms. The Hall–Kier alpha value is -4.97. The molecule has 0 unspecified atom stereocenters. The van der Waals surface area contributed by atoms with Crippen molar-refractivity contribution in [1.29, 1.82) is 0 Å². The molecule has 0 saturated carbocycles. The van der Waals surface area contributed by atoms with Gasteiger partial charge in [0.15, 0.2) is 0 Å². The molecule has 3 heterocycles. The fourth-order valence-corrected chi connectivity index (χ4v) is 4.43. The summed E-state index contributed by atoms with van der Waals surface area (Å²) in [5.74, 6) is -2.35. The highest BCUT2D eigenvalue weighted by atomic mass is 16.5. The number of nitrogens with zero attached hydrogens (tertiary/aromatic N) is 2. The Morgan fingerprint density at radius 2 is 1.76 bits per heavy atom. The number of aliphatic hydroxyl groups excluding tert-OH is 1. The number of fused-ring (bicyclic) bond motifs is 11. The van der Waals surface area contributed by atoms with E-state index in [9.17, 15) is 29.4 Å². The Kier molecular flexibility index (Phi) is 9.38. The highest BCUT2D eigenvalue weighted by molar-refractivity contribution is 6.00. The second-order valence-corrected chi connectivity index (χ2v) is 10.2. The molecular formula is C30H33N5O7. The summed E-state index contributed by atoms with van der Waals surface area (Å²) >= 11 is 0. The van der Waals surface area contributed by atoms with Crippen molar-refractivity contribution in [3.63, 3.8) is 0 Å². The van der Waals surface area contributed by atoms with E-state index in [0.29, 0.717) is 5.75 Å². The molecule has 0 saturated heterocycles. The van der Waals surface area contributed by atoms with Crippen LogP contribution >= 0.6 is 0 Å². The zero-order chi connectivity index (χ0) is 30.4. The van der Waals surface area contributed by atoms with Gasteiger partial charge < -0.3 is 35.8 Å². The first-order chi connectivity index (χ1) is 20.0. The molecular weight excluding hydrogens is 542 g/mol. The average molecular weight is 576 g/mol. The number of amides is 4. The van der Waals surface area contributed by atoms with E-state index >= 15 is 0 Å². The summed E-state index contributed by atoms with van der Waals surface area (Å²) in [7, 11) is 1.62. The lowest BCUT2D eigenvalue weighted by Gasteiger charge is -2.27. The summed E-state index contributed by atoms with van der Waals surface area (Å²) in [6.07, 6.45) is 2.09. The first-order valence-corrected chi connectivity index (χ1v) is 13.3. The van der Waals surface area contributed by atoms with Gasteiger partial charge in [0, 0.05) is 32.4 Å². The third-order valence-corrected chi connectivity index (χ3v) is 6.75. The number of nitrogens with one attached hydrogen (secondary N) is 3. The summed E-state index contributed by atoms with van der Waals surface area (Å²) in [6.45, 7) is 2.99. The maximum Gasteiger partial charge on any atom is 0.255 e. The molecule has 4 atom stereocenters. The fourth-order valence-electron chi connectivity index (χ4n) is 4.43. The lowest BCUT2D eigenvalue weighted by Crippen LogP contribution is -2.58. The minimum atomic E-state index is -1.45. The number of phenolic OH excluding ortho intramolecular Hbond substituents is 1. The SMILES string of the molecule is C[C@@H]1NC(=O)[C@H]([C@@H](C)O)NC(=O)c2cc(ccc2O)Oc2ccc(cc2)C[C@@H](C(=O)N(C)Cc2cccnc2)NC1=O. The number of benzene rings is 2. The Labute approximate surface area is 242 Å². The van der Waals surface area contributed by atoms with Crippen LogP contribution in [0.5, 0.6) is 17.2 Å². The molecule has 2 aromatic carbocycles. The van der Waals surface area contributed by atoms with Crippen LogP contribution in [0.25, 0.3) is 0 Å².